The maximum absolute atomic E-state index is 13.1. The minimum absolute atomic E-state index is 0.0672. The number of carbonyl (C=O) groups is 3. The summed E-state index contributed by atoms with van der Waals surface area (Å²) in [5.74, 6) is -1.51. The minimum Gasteiger partial charge on any atom is -0.373 e. The maximum atomic E-state index is 13.1. The first-order valence-electron chi connectivity index (χ1n) is 11.6. The molecule has 0 N–H and O–H groups in total. The van der Waals surface area contributed by atoms with E-state index in [9.17, 15) is 27.6 Å². The molecule has 0 radical (unpaired) electrons. The number of ketones is 2. The molecule has 32 heavy (non-hydrogen) atoms. The van der Waals surface area contributed by atoms with Gasteiger partial charge in [0, 0.05) is 31.5 Å². The first kappa shape index (κ1) is 26.8. The quantitative estimate of drug-likeness (QED) is 0.438. The van der Waals surface area contributed by atoms with E-state index >= 15 is 0 Å². The van der Waals surface area contributed by atoms with Gasteiger partial charge in [0.1, 0.15) is 6.54 Å². The number of hydrogen-bond donors (Lipinski definition) is 0. The van der Waals surface area contributed by atoms with Crippen molar-refractivity contribution >= 4 is 17.5 Å². The first-order valence-corrected chi connectivity index (χ1v) is 11.6. The maximum Gasteiger partial charge on any atom is 0.406 e. The standard InChI is InChI=1S/C23H37F3N2O4/c1-6-7-19(29)21(31)28(14-23(24,25)26)15(2)8-11-18-13-27(12-16(3)32-18)22(4,5)20(30)17-9-10-17/h15-18H,6-14H2,1-5H3. The lowest BCUT2D eigenvalue weighted by Gasteiger charge is -2.45. The molecule has 1 heterocycles. The van der Waals surface area contributed by atoms with Gasteiger partial charge in [-0.2, -0.15) is 13.2 Å². The molecule has 1 saturated carbocycles. The topological polar surface area (TPSA) is 66.9 Å². The van der Waals surface area contributed by atoms with Crippen LogP contribution in [-0.4, -0.2) is 76.9 Å². The third kappa shape index (κ3) is 7.27. The fraction of sp³-hybridized carbons (Fsp3) is 0.870. The molecule has 184 valence electrons. The van der Waals surface area contributed by atoms with Crippen LogP contribution in [-0.2, 0) is 19.1 Å². The Morgan fingerprint density at radius 1 is 1.16 bits per heavy atom. The molecular formula is C23H37F3N2O4. The summed E-state index contributed by atoms with van der Waals surface area (Å²) >= 11 is 0. The van der Waals surface area contributed by atoms with Gasteiger partial charge in [-0.15, -0.1) is 0 Å². The Balaban J connectivity index is 2.02. The molecule has 0 bridgehead atoms. The van der Waals surface area contributed by atoms with E-state index in [1.54, 1.807) is 6.92 Å². The molecular weight excluding hydrogens is 425 g/mol. The molecule has 9 heteroatoms. The summed E-state index contributed by atoms with van der Waals surface area (Å²) in [4.78, 5) is 39.9. The molecule has 1 saturated heterocycles. The molecule has 0 aromatic carbocycles. The third-order valence-corrected chi connectivity index (χ3v) is 6.43. The second-order valence-corrected chi connectivity index (χ2v) is 9.82. The zero-order valence-corrected chi connectivity index (χ0v) is 19.8. The molecule has 0 aromatic rings. The average molecular weight is 463 g/mol. The van der Waals surface area contributed by atoms with Crippen LogP contribution in [0.5, 0.6) is 0 Å². The number of halogens is 3. The Bertz CT molecular complexity index is 691. The van der Waals surface area contributed by atoms with Gasteiger partial charge in [0.15, 0.2) is 5.78 Å². The van der Waals surface area contributed by atoms with Crippen LogP contribution < -0.4 is 0 Å². The van der Waals surface area contributed by atoms with Crippen LogP contribution in [0, 0.1) is 5.92 Å². The Hall–Kier alpha value is -1.48. The van der Waals surface area contributed by atoms with Crippen molar-refractivity contribution in [3.63, 3.8) is 0 Å². The molecule has 3 atom stereocenters. The van der Waals surface area contributed by atoms with Gasteiger partial charge in [0.2, 0.25) is 5.78 Å². The number of rotatable bonds is 11. The summed E-state index contributed by atoms with van der Waals surface area (Å²) in [5.41, 5.74) is -0.617. The van der Waals surface area contributed by atoms with Gasteiger partial charge >= 0.3 is 6.18 Å². The third-order valence-electron chi connectivity index (χ3n) is 6.43. The highest BCUT2D eigenvalue weighted by Gasteiger charge is 2.45. The fourth-order valence-electron chi connectivity index (χ4n) is 4.36. The lowest BCUT2D eigenvalue weighted by molar-refractivity contribution is -0.168. The van der Waals surface area contributed by atoms with Gasteiger partial charge in [0.25, 0.3) is 5.91 Å². The summed E-state index contributed by atoms with van der Waals surface area (Å²) in [6, 6.07) is -0.764. The SMILES string of the molecule is CCCC(=O)C(=O)N(CC(F)(F)F)C(C)CCC1CN(C(C)(C)C(=O)C2CC2)CC(C)O1. The van der Waals surface area contributed by atoms with Crippen LogP contribution in [0.1, 0.15) is 73.1 Å². The summed E-state index contributed by atoms with van der Waals surface area (Å²) in [6.45, 7) is 8.68. The van der Waals surface area contributed by atoms with Crippen molar-refractivity contribution in [1.29, 1.82) is 0 Å². The van der Waals surface area contributed by atoms with Gasteiger partial charge in [-0.25, -0.2) is 0 Å². The van der Waals surface area contributed by atoms with Gasteiger partial charge in [0.05, 0.1) is 17.7 Å². The molecule has 1 aliphatic heterocycles. The largest absolute Gasteiger partial charge is 0.406 e. The predicted octanol–water partition coefficient (Wildman–Crippen LogP) is 3.76. The molecule has 2 rings (SSSR count). The zero-order valence-electron chi connectivity index (χ0n) is 19.8. The summed E-state index contributed by atoms with van der Waals surface area (Å²) < 4.78 is 45.2. The van der Waals surface area contributed by atoms with E-state index in [4.69, 9.17) is 4.74 Å². The summed E-state index contributed by atoms with van der Waals surface area (Å²) in [5, 5.41) is 0. The molecule has 0 spiro atoms. The number of ether oxygens (including phenoxy) is 1. The number of amides is 1. The van der Waals surface area contributed by atoms with Crippen LogP contribution in [0.4, 0.5) is 13.2 Å². The van der Waals surface area contributed by atoms with Crippen LogP contribution >= 0.6 is 0 Å². The number of carbonyl (C=O) groups excluding carboxylic acids is 3. The van der Waals surface area contributed by atoms with Crippen molar-refractivity contribution in [2.24, 2.45) is 5.92 Å². The molecule has 1 aliphatic carbocycles. The van der Waals surface area contributed by atoms with E-state index < -0.39 is 36.0 Å². The van der Waals surface area contributed by atoms with E-state index in [2.05, 4.69) is 4.90 Å². The van der Waals surface area contributed by atoms with E-state index in [0.29, 0.717) is 30.8 Å². The van der Waals surface area contributed by atoms with Crippen molar-refractivity contribution in [3.05, 3.63) is 0 Å². The fourth-order valence-corrected chi connectivity index (χ4v) is 4.36. The van der Waals surface area contributed by atoms with E-state index in [-0.39, 0.29) is 36.8 Å². The highest BCUT2D eigenvalue weighted by molar-refractivity contribution is 6.36. The van der Waals surface area contributed by atoms with Crippen LogP contribution in [0.15, 0.2) is 0 Å². The van der Waals surface area contributed by atoms with Crippen molar-refractivity contribution in [1.82, 2.24) is 9.80 Å². The Morgan fingerprint density at radius 3 is 2.31 bits per heavy atom. The normalized spacial score (nSPS) is 23.6. The lowest BCUT2D eigenvalue weighted by atomic mass is 9.91. The minimum atomic E-state index is -4.59. The average Bonchev–Trinajstić information content (AvgIpc) is 3.53. The van der Waals surface area contributed by atoms with Gasteiger partial charge in [-0.05, 0) is 59.8 Å². The highest BCUT2D eigenvalue weighted by atomic mass is 19.4. The lowest BCUT2D eigenvalue weighted by Crippen LogP contribution is -2.59. The summed E-state index contributed by atoms with van der Waals surface area (Å²) in [6.07, 6.45) is -2.07. The molecule has 2 aliphatic rings. The van der Waals surface area contributed by atoms with Crippen molar-refractivity contribution < 1.29 is 32.3 Å². The van der Waals surface area contributed by atoms with Gasteiger partial charge < -0.3 is 9.64 Å². The molecule has 3 unspecified atom stereocenters. The van der Waals surface area contributed by atoms with E-state index in [1.165, 1.54) is 6.92 Å². The van der Waals surface area contributed by atoms with Gasteiger partial charge in [-0.3, -0.25) is 19.3 Å². The van der Waals surface area contributed by atoms with E-state index in [1.807, 2.05) is 20.8 Å². The molecule has 6 nitrogen and oxygen atoms in total. The second-order valence-electron chi connectivity index (χ2n) is 9.82. The number of hydrogen-bond acceptors (Lipinski definition) is 5. The number of alkyl halides is 3. The van der Waals surface area contributed by atoms with Gasteiger partial charge in [-0.1, -0.05) is 6.92 Å². The number of nitrogens with zero attached hydrogens (tertiary/aromatic N) is 2. The predicted molar refractivity (Wildman–Crippen MR) is 114 cm³/mol. The monoisotopic (exact) mass is 462 g/mol. The Kier molecular flexibility index (Phi) is 8.90. The van der Waals surface area contributed by atoms with Crippen LogP contribution in [0.3, 0.4) is 0 Å². The number of Topliss-reactive ketones (excluding diaryl/α,β-unsaturated/α-hetero) is 2. The smallest absolute Gasteiger partial charge is 0.373 e. The molecule has 0 aromatic heterocycles. The highest BCUT2D eigenvalue weighted by Crippen LogP contribution is 2.37. The first-order chi connectivity index (χ1) is 14.8. The van der Waals surface area contributed by atoms with Crippen LogP contribution in [0.2, 0.25) is 0 Å². The molecule has 1 amide bonds. The van der Waals surface area contributed by atoms with E-state index in [0.717, 1.165) is 12.8 Å². The van der Waals surface area contributed by atoms with Crippen molar-refractivity contribution in [3.8, 4) is 0 Å². The zero-order chi connectivity index (χ0) is 24.3. The molecule has 2 fully saturated rings. The number of morpholine rings is 1. The Morgan fingerprint density at radius 2 is 1.78 bits per heavy atom. The second kappa shape index (κ2) is 10.6. The van der Waals surface area contributed by atoms with Crippen molar-refractivity contribution in [2.75, 3.05) is 19.6 Å². The van der Waals surface area contributed by atoms with Crippen LogP contribution in [0.25, 0.3) is 0 Å². The Labute approximate surface area is 188 Å². The summed E-state index contributed by atoms with van der Waals surface area (Å²) in [7, 11) is 0. The van der Waals surface area contributed by atoms with Crippen molar-refractivity contribution in [2.45, 2.75) is 103 Å².